The molecule has 0 amide bonds. The van der Waals surface area contributed by atoms with E-state index in [4.69, 9.17) is 24.4 Å². The summed E-state index contributed by atoms with van der Waals surface area (Å²) in [4.78, 5) is 1.95. The van der Waals surface area contributed by atoms with Gasteiger partial charge in [0.15, 0.2) is 0 Å². The lowest BCUT2D eigenvalue weighted by atomic mass is 10.2. The van der Waals surface area contributed by atoms with Crippen LogP contribution in [0.5, 0.6) is 0 Å². The Bertz CT molecular complexity index is 373. The van der Waals surface area contributed by atoms with Crippen LogP contribution in [0.4, 0.5) is 0 Å². The summed E-state index contributed by atoms with van der Waals surface area (Å²) in [7, 11) is 0. The van der Waals surface area contributed by atoms with Gasteiger partial charge in [0.25, 0.3) is 0 Å². The summed E-state index contributed by atoms with van der Waals surface area (Å²) in [6.45, 7) is 0.688. The number of rotatable bonds is 0. The summed E-state index contributed by atoms with van der Waals surface area (Å²) in [6.07, 6.45) is 0. The molecule has 4 heteroatoms. The summed E-state index contributed by atoms with van der Waals surface area (Å²) in [6, 6.07) is 8.06. The fraction of sp³-hybridized carbons (Fsp3) is 0.111. The largest absolute Gasteiger partial charge is 0.370 e. The molecular formula is C9H7NS3. The fourth-order valence-electron chi connectivity index (χ4n) is 1.15. The van der Waals surface area contributed by atoms with Gasteiger partial charge in [0.2, 0.25) is 0 Å². The zero-order valence-corrected chi connectivity index (χ0v) is 9.19. The van der Waals surface area contributed by atoms with E-state index in [1.807, 2.05) is 24.3 Å². The number of hydrogen-bond acceptors (Lipinski definition) is 3. The predicted octanol–water partition coefficient (Wildman–Crippen LogP) is 2.38. The van der Waals surface area contributed by atoms with Crippen molar-refractivity contribution in [1.82, 2.24) is 5.32 Å². The van der Waals surface area contributed by atoms with Crippen molar-refractivity contribution in [2.45, 2.75) is 4.90 Å². The second-order valence-corrected chi connectivity index (χ2v) is 4.95. The Morgan fingerprint density at radius 3 is 2.85 bits per heavy atom. The molecule has 2 rings (SSSR count). The smallest absolute Gasteiger partial charge is 0.108 e. The van der Waals surface area contributed by atoms with E-state index >= 15 is 0 Å². The number of thioether (sulfide) groups is 1. The molecule has 1 aliphatic heterocycles. The molecule has 1 aromatic carbocycles. The van der Waals surface area contributed by atoms with Crippen molar-refractivity contribution in [1.29, 1.82) is 0 Å². The maximum Gasteiger partial charge on any atom is 0.108 e. The third-order valence-corrected chi connectivity index (χ3v) is 3.46. The average molecular weight is 225 g/mol. The Labute approximate surface area is 91.9 Å². The molecule has 0 aliphatic carbocycles. The third kappa shape index (κ3) is 1.90. The molecule has 0 aromatic heterocycles. The Morgan fingerprint density at radius 2 is 2.00 bits per heavy atom. The van der Waals surface area contributed by atoms with Gasteiger partial charge in [0.1, 0.15) is 4.99 Å². The van der Waals surface area contributed by atoms with Gasteiger partial charge in [-0.25, -0.2) is 0 Å². The van der Waals surface area contributed by atoms with Crippen molar-refractivity contribution >= 4 is 45.4 Å². The van der Waals surface area contributed by atoms with Gasteiger partial charge in [0, 0.05) is 10.5 Å². The molecule has 0 saturated carbocycles. The van der Waals surface area contributed by atoms with Crippen LogP contribution in [0, 0.1) is 0 Å². The second kappa shape index (κ2) is 3.74. The van der Waals surface area contributed by atoms with Crippen LogP contribution in [-0.4, -0.2) is 15.7 Å². The molecule has 0 unspecified atom stereocenters. The average Bonchev–Trinajstić information content (AvgIpc) is 2.27. The first-order chi connectivity index (χ1) is 6.27. The quantitative estimate of drug-likeness (QED) is 0.680. The molecule has 1 aromatic rings. The first-order valence-electron chi connectivity index (χ1n) is 3.85. The van der Waals surface area contributed by atoms with E-state index in [1.54, 1.807) is 11.8 Å². The highest BCUT2D eigenvalue weighted by atomic mass is 32.2. The van der Waals surface area contributed by atoms with Crippen LogP contribution in [0.2, 0.25) is 0 Å². The van der Waals surface area contributed by atoms with Crippen LogP contribution in [0.25, 0.3) is 0 Å². The molecule has 0 radical (unpaired) electrons. The number of thiocarbonyl (C=S) groups is 2. The van der Waals surface area contributed by atoms with E-state index in [9.17, 15) is 0 Å². The van der Waals surface area contributed by atoms with E-state index in [1.165, 1.54) is 0 Å². The molecule has 1 N–H and O–H groups in total. The van der Waals surface area contributed by atoms with Gasteiger partial charge in [-0.05, 0) is 6.07 Å². The van der Waals surface area contributed by atoms with Crippen molar-refractivity contribution in [3.63, 3.8) is 0 Å². The first kappa shape index (κ1) is 9.12. The van der Waals surface area contributed by atoms with Crippen LogP contribution in [0.1, 0.15) is 5.56 Å². The fourth-order valence-corrected chi connectivity index (χ4v) is 2.62. The number of benzene rings is 1. The van der Waals surface area contributed by atoms with Crippen LogP contribution in [-0.2, 0) is 0 Å². The normalized spacial score (nSPS) is 16.0. The van der Waals surface area contributed by atoms with Gasteiger partial charge in [-0.15, -0.1) is 0 Å². The molecule has 66 valence electrons. The Kier molecular flexibility index (Phi) is 2.62. The lowest BCUT2D eigenvalue weighted by Crippen LogP contribution is -2.24. The summed E-state index contributed by atoms with van der Waals surface area (Å²) in [5.41, 5.74) is 1.09. The number of hydrogen-bond donors (Lipinski definition) is 1. The molecule has 0 spiro atoms. The zero-order chi connectivity index (χ0) is 9.26. The minimum Gasteiger partial charge on any atom is -0.370 e. The predicted molar refractivity (Wildman–Crippen MR) is 64.6 cm³/mol. The van der Waals surface area contributed by atoms with Crippen molar-refractivity contribution in [2.24, 2.45) is 0 Å². The van der Waals surface area contributed by atoms with E-state index < -0.39 is 0 Å². The number of fused-ring (bicyclic) bond motifs is 1. The molecule has 0 saturated heterocycles. The van der Waals surface area contributed by atoms with Crippen molar-refractivity contribution < 1.29 is 0 Å². The minimum absolute atomic E-state index is 0.688. The van der Waals surface area contributed by atoms with Gasteiger partial charge in [-0.2, -0.15) is 0 Å². The summed E-state index contributed by atoms with van der Waals surface area (Å²) < 4.78 is 0.937. The van der Waals surface area contributed by atoms with Gasteiger partial charge in [0.05, 0.1) is 10.7 Å². The van der Waals surface area contributed by atoms with E-state index in [2.05, 4.69) is 5.32 Å². The third-order valence-electron chi connectivity index (χ3n) is 1.75. The van der Waals surface area contributed by atoms with Crippen LogP contribution in [0.15, 0.2) is 29.2 Å². The molecule has 1 nitrogen and oxygen atoms in total. The summed E-state index contributed by atoms with van der Waals surface area (Å²) in [5, 5.41) is 3.12. The topological polar surface area (TPSA) is 12.0 Å². The lowest BCUT2D eigenvalue weighted by Gasteiger charge is -2.03. The Morgan fingerprint density at radius 1 is 1.23 bits per heavy atom. The Balaban J connectivity index is 2.49. The highest BCUT2D eigenvalue weighted by Crippen LogP contribution is 2.26. The van der Waals surface area contributed by atoms with Crippen molar-refractivity contribution in [2.75, 3.05) is 6.54 Å². The number of nitrogens with one attached hydrogen (secondary N) is 1. The van der Waals surface area contributed by atoms with E-state index in [-0.39, 0.29) is 0 Å². The maximum atomic E-state index is 5.22. The van der Waals surface area contributed by atoms with Crippen molar-refractivity contribution in [3.8, 4) is 0 Å². The monoisotopic (exact) mass is 225 g/mol. The van der Waals surface area contributed by atoms with Crippen LogP contribution >= 0.6 is 36.2 Å². The van der Waals surface area contributed by atoms with E-state index in [0.29, 0.717) is 6.54 Å². The van der Waals surface area contributed by atoms with Gasteiger partial charge >= 0.3 is 0 Å². The summed E-state index contributed by atoms with van der Waals surface area (Å²) in [5.74, 6) is 0. The molecule has 1 heterocycles. The maximum absolute atomic E-state index is 5.22. The molecule has 0 fully saturated rings. The molecule has 0 bridgehead atoms. The first-order valence-corrected chi connectivity index (χ1v) is 5.48. The molecule has 13 heavy (non-hydrogen) atoms. The zero-order valence-electron chi connectivity index (χ0n) is 6.74. The SMILES string of the molecule is S=C1CNC(=S)c2ccccc2S1. The molecule has 1 aliphatic rings. The highest BCUT2D eigenvalue weighted by molar-refractivity contribution is 8.23. The standard InChI is InChI=1S/C9H7NS3/c11-8-5-10-9(12)6-3-1-2-4-7(6)13-8/h1-4H,5H2,(H,10,12). The minimum atomic E-state index is 0.688. The van der Waals surface area contributed by atoms with Gasteiger partial charge < -0.3 is 5.32 Å². The Hall–Kier alpha value is -0.450. The second-order valence-electron chi connectivity index (χ2n) is 2.65. The molecular weight excluding hydrogens is 218 g/mol. The van der Waals surface area contributed by atoms with Gasteiger partial charge in [-0.3, -0.25) is 0 Å². The highest BCUT2D eigenvalue weighted by Gasteiger charge is 2.13. The summed E-state index contributed by atoms with van der Waals surface area (Å²) >= 11 is 12.0. The van der Waals surface area contributed by atoms with Gasteiger partial charge in [-0.1, -0.05) is 54.4 Å². The van der Waals surface area contributed by atoms with Crippen LogP contribution in [0.3, 0.4) is 0 Å². The lowest BCUT2D eigenvalue weighted by molar-refractivity contribution is 1.12. The van der Waals surface area contributed by atoms with E-state index in [0.717, 1.165) is 19.6 Å². The molecule has 0 atom stereocenters. The van der Waals surface area contributed by atoms with Crippen LogP contribution < -0.4 is 5.32 Å². The van der Waals surface area contributed by atoms with Crippen molar-refractivity contribution in [3.05, 3.63) is 29.8 Å².